The summed E-state index contributed by atoms with van der Waals surface area (Å²) in [4.78, 5) is -0.651. The molecule has 0 fully saturated rings. The van der Waals surface area contributed by atoms with Gasteiger partial charge in [0.15, 0.2) is 0 Å². The topological polar surface area (TPSA) is 41.4 Å². The lowest BCUT2D eigenvalue weighted by molar-refractivity contribution is 0.598. The molecule has 1 aliphatic rings. The predicted octanol–water partition coefficient (Wildman–Crippen LogP) is 4.91. The van der Waals surface area contributed by atoms with Crippen LogP contribution in [0.2, 0.25) is 0 Å². The van der Waals surface area contributed by atoms with Gasteiger partial charge in [-0.25, -0.2) is 13.8 Å². The number of aryl methyl sites for hydroxylation is 1. The van der Waals surface area contributed by atoms with Gasteiger partial charge < -0.3 is 0 Å². The number of nitrogens with zero attached hydrogens (tertiary/aromatic N) is 4. The van der Waals surface area contributed by atoms with Crippen molar-refractivity contribution in [3.63, 3.8) is 0 Å². The molecule has 1 unspecified atom stereocenters. The number of benzene rings is 2. The highest BCUT2D eigenvalue weighted by Gasteiger charge is 2.44. The number of thioether (sulfide) groups is 1. The number of hydrogen-bond acceptors (Lipinski definition) is 6. The second kappa shape index (κ2) is 6.44. The number of hydrazone groups is 1. The van der Waals surface area contributed by atoms with E-state index in [-0.39, 0.29) is 5.56 Å². The molecule has 0 saturated carbocycles. The predicted molar refractivity (Wildman–Crippen MR) is 101 cm³/mol. The van der Waals surface area contributed by atoms with Crippen molar-refractivity contribution in [1.82, 2.24) is 10.2 Å². The van der Waals surface area contributed by atoms with Gasteiger partial charge in [-0.05, 0) is 37.6 Å². The number of rotatable bonds is 3. The van der Waals surface area contributed by atoms with Crippen molar-refractivity contribution in [2.45, 2.75) is 18.7 Å². The Bertz CT molecular complexity index is 990. The average Bonchev–Trinajstić information content (AvgIpc) is 3.22. The molecule has 3 aromatic rings. The van der Waals surface area contributed by atoms with Gasteiger partial charge in [-0.15, -0.1) is 10.2 Å². The summed E-state index contributed by atoms with van der Waals surface area (Å²) >= 11 is 2.76. The smallest absolute Gasteiger partial charge is 0.215 e. The molecule has 132 valence electrons. The fourth-order valence-electron chi connectivity index (χ4n) is 2.73. The van der Waals surface area contributed by atoms with Crippen LogP contribution in [0.1, 0.15) is 23.1 Å². The van der Waals surface area contributed by atoms with Gasteiger partial charge in [-0.3, -0.25) is 0 Å². The highest BCUT2D eigenvalue weighted by atomic mass is 32.2. The summed E-state index contributed by atoms with van der Waals surface area (Å²) in [5.74, 6) is -1.01. The van der Waals surface area contributed by atoms with Crippen molar-refractivity contribution in [1.29, 1.82) is 0 Å². The van der Waals surface area contributed by atoms with Crippen LogP contribution in [0.25, 0.3) is 0 Å². The van der Waals surface area contributed by atoms with E-state index in [2.05, 4.69) is 15.3 Å². The lowest BCUT2D eigenvalue weighted by atomic mass is 10.1. The first kappa shape index (κ1) is 17.1. The molecule has 0 N–H and O–H groups in total. The van der Waals surface area contributed by atoms with Crippen LogP contribution in [0.4, 0.5) is 13.9 Å². The van der Waals surface area contributed by atoms with Crippen LogP contribution < -0.4 is 5.01 Å². The maximum atomic E-state index is 14.3. The van der Waals surface area contributed by atoms with E-state index in [9.17, 15) is 8.78 Å². The summed E-state index contributed by atoms with van der Waals surface area (Å²) in [6.45, 7) is 3.85. The minimum absolute atomic E-state index is 0.140. The third-order valence-corrected chi connectivity index (χ3v) is 6.17. The zero-order valence-corrected chi connectivity index (χ0v) is 15.6. The lowest BCUT2D eigenvalue weighted by Gasteiger charge is -2.31. The fourth-order valence-corrected chi connectivity index (χ4v) is 4.76. The molecule has 0 aliphatic carbocycles. The summed E-state index contributed by atoms with van der Waals surface area (Å²) in [5, 5.41) is 16.4. The first-order chi connectivity index (χ1) is 12.5. The molecule has 0 amide bonds. The first-order valence-corrected chi connectivity index (χ1v) is 9.49. The Hall–Kier alpha value is -2.32. The Balaban J connectivity index is 1.85. The van der Waals surface area contributed by atoms with Crippen molar-refractivity contribution in [2.24, 2.45) is 5.10 Å². The molecule has 2 aromatic carbocycles. The SMILES string of the molecule is Cc1nnc(N2N=C(c3cc(F)ccc3F)SC2(C)c2ccccc2)s1. The Labute approximate surface area is 157 Å². The van der Waals surface area contributed by atoms with E-state index in [4.69, 9.17) is 0 Å². The molecule has 8 heteroatoms. The van der Waals surface area contributed by atoms with E-state index in [1.54, 1.807) is 5.01 Å². The van der Waals surface area contributed by atoms with Crippen LogP contribution in [0.3, 0.4) is 0 Å². The van der Waals surface area contributed by atoms with Gasteiger partial charge in [-0.1, -0.05) is 53.4 Å². The molecular weight excluding hydrogens is 374 g/mol. The second-order valence-corrected chi connectivity index (χ2v) is 8.44. The number of aromatic nitrogens is 2. The molecule has 4 rings (SSSR count). The highest BCUT2D eigenvalue weighted by Crippen LogP contribution is 2.49. The molecule has 0 saturated heterocycles. The largest absolute Gasteiger partial charge is 0.230 e. The average molecular weight is 388 g/mol. The molecule has 0 radical (unpaired) electrons. The summed E-state index contributed by atoms with van der Waals surface area (Å²) in [6, 6.07) is 13.1. The van der Waals surface area contributed by atoms with Crippen LogP contribution in [0.15, 0.2) is 53.6 Å². The van der Waals surface area contributed by atoms with Crippen molar-refractivity contribution >= 4 is 33.3 Å². The third-order valence-electron chi connectivity index (χ3n) is 4.06. The van der Waals surface area contributed by atoms with Gasteiger partial charge in [0.05, 0.1) is 0 Å². The maximum Gasteiger partial charge on any atom is 0.230 e. The van der Waals surface area contributed by atoms with E-state index < -0.39 is 16.5 Å². The normalized spacial score (nSPS) is 19.7. The second-order valence-electron chi connectivity index (χ2n) is 5.90. The van der Waals surface area contributed by atoms with Crippen LogP contribution >= 0.6 is 23.1 Å². The molecule has 1 atom stereocenters. The first-order valence-electron chi connectivity index (χ1n) is 7.86. The standard InChI is InChI=1S/C18H14F2N4S2/c1-11-21-22-17(25-11)24-18(2,12-6-4-3-5-7-12)26-16(23-24)14-10-13(19)8-9-15(14)20/h3-10H,1-2H3. The number of anilines is 1. The summed E-state index contributed by atoms with van der Waals surface area (Å²) in [7, 11) is 0. The summed E-state index contributed by atoms with van der Waals surface area (Å²) < 4.78 is 28.0. The molecule has 0 bridgehead atoms. The minimum atomic E-state index is -0.651. The zero-order valence-electron chi connectivity index (χ0n) is 14.0. The number of halogens is 2. The van der Waals surface area contributed by atoms with Gasteiger partial charge >= 0.3 is 0 Å². The third kappa shape index (κ3) is 2.89. The van der Waals surface area contributed by atoms with Crippen molar-refractivity contribution in [3.05, 3.63) is 76.3 Å². The fraction of sp³-hybridized carbons (Fsp3) is 0.167. The van der Waals surface area contributed by atoms with Gasteiger partial charge in [-0.2, -0.15) is 5.10 Å². The van der Waals surface area contributed by atoms with E-state index in [0.717, 1.165) is 22.7 Å². The molecule has 4 nitrogen and oxygen atoms in total. The van der Waals surface area contributed by atoms with E-state index in [1.807, 2.05) is 44.2 Å². The summed E-state index contributed by atoms with van der Waals surface area (Å²) in [6.07, 6.45) is 0. The van der Waals surface area contributed by atoms with E-state index >= 15 is 0 Å². The molecule has 1 aromatic heterocycles. The number of hydrogen-bond donors (Lipinski definition) is 0. The van der Waals surface area contributed by atoms with Crippen LogP contribution in [-0.2, 0) is 4.87 Å². The molecule has 2 heterocycles. The van der Waals surface area contributed by atoms with Crippen LogP contribution in [0.5, 0.6) is 0 Å². The maximum absolute atomic E-state index is 14.3. The molecule has 1 aliphatic heterocycles. The van der Waals surface area contributed by atoms with Gasteiger partial charge in [0.25, 0.3) is 0 Å². The van der Waals surface area contributed by atoms with Crippen LogP contribution in [0, 0.1) is 18.6 Å². The zero-order chi connectivity index (χ0) is 18.3. The quantitative estimate of drug-likeness (QED) is 0.639. The van der Waals surface area contributed by atoms with Crippen molar-refractivity contribution < 1.29 is 8.78 Å². The van der Waals surface area contributed by atoms with Gasteiger partial charge in [0, 0.05) is 5.56 Å². The molecule has 0 spiro atoms. The highest BCUT2D eigenvalue weighted by molar-refractivity contribution is 8.15. The van der Waals surface area contributed by atoms with Crippen LogP contribution in [-0.4, -0.2) is 15.2 Å². The lowest BCUT2D eigenvalue weighted by Crippen LogP contribution is -2.34. The Morgan fingerprint density at radius 1 is 1.04 bits per heavy atom. The Morgan fingerprint density at radius 3 is 2.50 bits per heavy atom. The van der Waals surface area contributed by atoms with E-state index in [1.165, 1.54) is 29.2 Å². The Morgan fingerprint density at radius 2 is 1.81 bits per heavy atom. The summed E-state index contributed by atoms with van der Waals surface area (Å²) in [5.41, 5.74) is 1.12. The minimum Gasteiger partial charge on any atom is -0.215 e. The Kier molecular flexibility index (Phi) is 4.24. The molecule has 26 heavy (non-hydrogen) atoms. The van der Waals surface area contributed by atoms with Gasteiger partial charge in [0.1, 0.15) is 26.6 Å². The van der Waals surface area contributed by atoms with E-state index in [0.29, 0.717) is 10.2 Å². The van der Waals surface area contributed by atoms with Crippen molar-refractivity contribution in [2.75, 3.05) is 5.01 Å². The van der Waals surface area contributed by atoms with Gasteiger partial charge in [0.2, 0.25) is 5.13 Å². The van der Waals surface area contributed by atoms with Crippen molar-refractivity contribution in [3.8, 4) is 0 Å². The molecular formula is C18H14F2N4S2. The monoisotopic (exact) mass is 388 g/mol.